The Balaban J connectivity index is 1.84. The number of ether oxygens (including phenoxy) is 1. The number of anilines is 1. The molecule has 0 bridgehead atoms. The molecule has 0 atom stereocenters. The third-order valence-corrected chi connectivity index (χ3v) is 5.81. The molecule has 2 N–H and O–H groups in total. The molecule has 2 rings (SSSR count). The Morgan fingerprint density at radius 1 is 1.24 bits per heavy atom. The number of benzene rings is 1. The molecule has 1 amide bonds. The van der Waals surface area contributed by atoms with Crippen molar-refractivity contribution in [1.82, 2.24) is 14.9 Å². The maximum Gasteiger partial charge on any atom is 0.240 e. The van der Waals surface area contributed by atoms with Gasteiger partial charge >= 0.3 is 0 Å². The molecular weight excluding hydrogens is 364 g/mol. The fraction of sp³-hybridized carbons (Fsp3) is 0.400. The van der Waals surface area contributed by atoms with E-state index in [9.17, 15) is 13.2 Å². The van der Waals surface area contributed by atoms with Crippen LogP contribution in [-0.4, -0.2) is 38.2 Å². The number of carbonyl (C=O) groups is 1. The first-order chi connectivity index (χ1) is 11.8. The number of amides is 1. The van der Waals surface area contributed by atoms with Gasteiger partial charge in [0, 0.05) is 18.9 Å². The summed E-state index contributed by atoms with van der Waals surface area (Å²) in [6.45, 7) is 3.95. The van der Waals surface area contributed by atoms with Gasteiger partial charge in [-0.05, 0) is 24.3 Å². The molecule has 0 aliphatic rings. The molecule has 1 aromatic heterocycles. The summed E-state index contributed by atoms with van der Waals surface area (Å²) >= 11 is 1.30. The van der Waals surface area contributed by atoms with E-state index >= 15 is 0 Å². The molecular formula is C15H20N4O4S2. The summed E-state index contributed by atoms with van der Waals surface area (Å²) in [5.74, 6) is 0.472. The number of hydrogen-bond acceptors (Lipinski definition) is 7. The monoisotopic (exact) mass is 384 g/mol. The summed E-state index contributed by atoms with van der Waals surface area (Å²) in [6.07, 6.45) is -0.00796. The molecule has 0 radical (unpaired) electrons. The fourth-order valence-corrected chi connectivity index (χ4v) is 3.63. The van der Waals surface area contributed by atoms with Gasteiger partial charge in [0.15, 0.2) is 0 Å². The first kappa shape index (κ1) is 19.3. The smallest absolute Gasteiger partial charge is 0.240 e. The number of methoxy groups -OCH3 is 1. The summed E-state index contributed by atoms with van der Waals surface area (Å²) in [7, 11) is -2.17. The normalized spacial score (nSPS) is 11.5. The van der Waals surface area contributed by atoms with Crippen molar-refractivity contribution in [2.24, 2.45) is 0 Å². The third kappa shape index (κ3) is 5.48. The van der Waals surface area contributed by atoms with E-state index in [1.165, 1.54) is 30.6 Å². The van der Waals surface area contributed by atoms with Crippen LogP contribution in [0, 0.1) is 0 Å². The van der Waals surface area contributed by atoms with Crippen molar-refractivity contribution in [3.05, 3.63) is 29.3 Å². The van der Waals surface area contributed by atoms with Gasteiger partial charge in [0.25, 0.3) is 0 Å². The lowest BCUT2D eigenvalue weighted by molar-refractivity contribution is -0.116. The fourth-order valence-electron chi connectivity index (χ4n) is 1.84. The third-order valence-electron chi connectivity index (χ3n) is 3.19. The van der Waals surface area contributed by atoms with Gasteiger partial charge in [0.05, 0.1) is 12.0 Å². The predicted octanol–water partition coefficient (Wildman–Crippen LogP) is 1.98. The molecule has 0 aliphatic carbocycles. The van der Waals surface area contributed by atoms with E-state index in [0.717, 1.165) is 5.01 Å². The van der Waals surface area contributed by atoms with E-state index < -0.39 is 10.0 Å². The van der Waals surface area contributed by atoms with Crippen molar-refractivity contribution in [2.45, 2.75) is 31.1 Å². The zero-order chi connectivity index (χ0) is 18.4. The van der Waals surface area contributed by atoms with Crippen LogP contribution in [-0.2, 0) is 14.8 Å². The summed E-state index contributed by atoms with van der Waals surface area (Å²) in [5.41, 5.74) is 0. The minimum atomic E-state index is -3.67. The van der Waals surface area contributed by atoms with Crippen LogP contribution < -0.4 is 14.8 Å². The topological polar surface area (TPSA) is 110 Å². The number of sulfonamides is 1. The average molecular weight is 384 g/mol. The summed E-state index contributed by atoms with van der Waals surface area (Å²) in [5, 5.41) is 11.7. The minimum absolute atomic E-state index is 0.00796. The van der Waals surface area contributed by atoms with Gasteiger partial charge in [-0.25, -0.2) is 13.1 Å². The van der Waals surface area contributed by atoms with Gasteiger partial charge in [0.1, 0.15) is 10.8 Å². The second kappa shape index (κ2) is 8.37. The molecule has 0 spiro atoms. The highest BCUT2D eigenvalue weighted by molar-refractivity contribution is 7.89. The van der Waals surface area contributed by atoms with Crippen molar-refractivity contribution in [1.29, 1.82) is 0 Å². The molecule has 0 saturated carbocycles. The largest absolute Gasteiger partial charge is 0.497 e. The van der Waals surface area contributed by atoms with Gasteiger partial charge in [-0.2, -0.15) is 0 Å². The zero-order valence-electron chi connectivity index (χ0n) is 14.1. The number of rotatable bonds is 8. The average Bonchev–Trinajstić information content (AvgIpc) is 3.03. The molecule has 1 heterocycles. The molecule has 25 heavy (non-hydrogen) atoms. The molecule has 8 nitrogen and oxygen atoms in total. The van der Waals surface area contributed by atoms with Crippen LogP contribution >= 0.6 is 11.3 Å². The van der Waals surface area contributed by atoms with Crippen LogP contribution in [0.3, 0.4) is 0 Å². The Morgan fingerprint density at radius 3 is 2.48 bits per heavy atom. The van der Waals surface area contributed by atoms with E-state index in [-0.39, 0.29) is 29.7 Å². The molecule has 0 aliphatic heterocycles. The molecule has 0 unspecified atom stereocenters. The molecule has 10 heteroatoms. The lowest BCUT2D eigenvalue weighted by atomic mass is 10.2. The van der Waals surface area contributed by atoms with Crippen molar-refractivity contribution in [3.8, 4) is 5.75 Å². The summed E-state index contributed by atoms with van der Waals surface area (Å²) in [6, 6.07) is 6.00. The number of nitrogens with zero attached hydrogens (tertiary/aromatic N) is 2. The molecule has 2 aromatic rings. The van der Waals surface area contributed by atoms with Gasteiger partial charge in [-0.3, -0.25) is 4.79 Å². The van der Waals surface area contributed by atoms with E-state index in [2.05, 4.69) is 20.2 Å². The Labute approximate surface area is 150 Å². The Bertz CT molecular complexity index is 816. The van der Waals surface area contributed by atoms with E-state index in [1.54, 1.807) is 12.1 Å². The second-order valence-corrected chi connectivity index (χ2v) is 8.25. The van der Waals surface area contributed by atoms with Crippen LogP contribution in [0.2, 0.25) is 0 Å². The van der Waals surface area contributed by atoms with Crippen molar-refractivity contribution >= 4 is 32.4 Å². The Morgan fingerprint density at radius 2 is 1.92 bits per heavy atom. The van der Waals surface area contributed by atoms with Crippen LogP contribution in [0.1, 0.15) is 31.2 Å². The quantitative estimate of drug-likeness (QED) is 0.720. The van der Waals surface area contributed by atoms with Gasteiger partial charge < -0.3 is 10.1 Å². The van der Waals surface area contributed by atoms with E-state index in [1.807, 2.05) is 13.8 Å². The highest BCUT2D eigenvalue weighted by atomic mass is 32.2. The first-order valence-electron chi connectivity index (χ1n) is 7.59. The minimum Gasteiger partial charge on any atom is -0.497 e. The van der Waals surface area contributed by atoms with Crippen LogP contribution in [0.5, 0.6) is 5.75 Å². The summed E-state index contributed by atoms with van der Waals surface area (Å²) < 4.78 is 31.7. The Kier molecular flexibility index (Phi) is 6.45. The SMILES string of the molecule is COc1ccc(S(=O)(=O)NCCC(=O)Nc2nnc(C(C)C)s2)cc1. The second-order valence-electron chi connectivity index (χ2n) is 5.47. The standard InChI is InChI=1S/C15H20N4O4S2/c1-10(2)14-18-19-15(24-14)17-13(20)8-9-16-25(21,22)12-6-4-11(23-3)5-7-12/h4-7,10,16H,8-9H2,1-3H3,(H,17,19,20). The van der Waals surface area contributed by atoms with Gasteiger partial charge in [0.2, 0.25) is 21.1 Å². The molecule has 0 saturated heterocycles. The van der Waals surface area contributed by atoms with E-state index in [4.69, 9.17) is 4.74 Å². The molecule has 0 fully saturated rings. The lowest BCUT2D eigenvalue weighted by Gasteiger charge is -2.07. The number of nitrogens with one attached hydrogen (secondary N) is 2. The maximum atomic E-state index is 12.1. The predicted molar refractivity (Wildman–Crippen MR) is 95.4 cm³/mol. The van der Waals surface area contributed by atoms with Gasteiger partial charge in [-0.1, -0.05) is 25.2 Å². The first-order valence-corrected chi connectivity index (χ1v) is 9.89. The van der Waals surface area contributed by atoms with E-state index in [0.29, 0.717) is 10.9 Å². The van der Waals surface area contributed by atoms with Crippen LogP contribution in [0.15, 0.2) is 29.2 Å². The lowest BCUT2D eigenvalue weighted by Crippen LogP contribution is -2.27. The molecule has 1 aromatic carbocycles. The summed E-state index contributed by atoms with van der Waals surface area (Å²) in [4.78, 5) is 12.0. The zero-order valence-corrected chi connectivity index (χ0v) is 15.8. The van der Waals surface area contributed by atoms with Crippen molar-refractivity contribution in [2.75, 3.05) is 19.0 Å². The highest BCUT2D eigenvalue weighted by Gasteiger charge is 2.15. The maximum absolute atomic E-state index is 12.1. The number of hydrogen-bond donors (Lipinski definition) is 2. The molecule has 136 valence electrons. The number of carbonyl (C=O) groups excluding carboxylic acids is 1. The van der Waals surface area contributed by atoms with Crippen molar-refractivity contribution < 1.29 is 17.9 Å². The van der Waals surface area contributed by atoms with Crippen LogP contribution in [0.25, 0.3) is 0 Å². The Hall–Kier alpha value is -2.04. The van der Waals surface area contributed by atoms with Gasteiger partial charge in [-0.15, -0.1) is 10.2 Å². The van der Waals surface area contributed by atoms with Crippen LogP contribution in [0.4, 0.5) is 5.13 Å². The highest BCUT2D eigenvalue weighted by Crippen LogP contribution is 2.22. The van der Waals surface area contributed by atoms with Crippen molar-refractivity contribution in [3.63, 3.8) is 0 Å². The number of aromatic nitrogens is 2.